The fourth-order valence-corrected chi connectivity index (χ4v) is 3.51. The van der Waals surface area contributed by atoms with Crippen molar-refractivity contribution in [2.45, 2.75) is 19.4 Å². The number of hydrogen-bond donors (Lipinski definition) is 1. The minimum absolute atomic E-state index is 0.255. The maximum absolute atomic E-state index is 6.17. The van der Waals surface area contributed by atoms with E-state index < -0.39 is 0 Å². The van der Waals surface area contributed by atoms with Gasteiger partial charge in [-0.1, -0.05) is 36.2 Å². The second-order valence-electron chi connectivity index (χ2n) is 4.19. The Kier molecular flexibility index (Phi) is 5.72. The molecule has 0 spiro atoms. The molecule has 0 aliphatic rings. The second-order valence-corrected chi connectivity index (χ2v) is 7.25. The number of hydrogen-bond acceptors (Lipinski definition) is 2. The molecule has 0 fully saturated rings. The van der Waals surface area contributed by atoms with Gasteiger partial charge in [0.1, 0.15) is 0 Å². The molecule has 5 heteroatoms. The third-order valence-corrected chi connectivity index (χ3v) is 5.32. The van der Waals surface area contributed by atoms with E-state index in [-0.39, 0.29) is 6.04 Å². The van der Waals surface area contributed by atoms with Gasteiger partial charge in [-0.2, -0.15) is 0 Å². The highest BCUT2D eigenvalue weighted by molar-refractivity contribution is 9.10. The van der Waals surface area contributed by atoms with Gasteiger partial charge in [-0.05, 0) is 52.3 Å². The maximum atomic E-state index is 6.17. The van der Waals surface area contributed by atoms with Gasteiger partial charge in [0.25, 0.3) is 0 Å². The largest absolute Gasteiger partial charge is 0.310 e. The lowest BCUT2D eigenvalue weighted by atomic mass is 10.0. The van der Waals surface area contributed by atoms with Crippen molar-refractivity contribution in [1.82, 2.24) is 5.32 Å². The van der Waals surface area contributed by atoms with E-state index in [9.17, 15) is 0 Å². The molecule has 2 aromatic rings. The predicted octanol–water partition coefficient (Wildman–Crippen LogP) is 5.71. The Morgan fingerprint density at radius 2 is 2.05 bits per heavy atom. The van der Waals surface area contributed by atoms with Crippen molar-refractivity contribution in [3.05, 3.63) is 54.6 Å². The summed E-state index contributed by atoms with van der Waals surface area (Å²) in [6.45, 7) is 3.02. The molecule has 0 aliphatic carbocycles. The van der Waals surface area contributed by atoms with Gasteiger partial charge in [0.05, 0.1) is 9.36 Å². The molecule has 0 radical (unpaired) electrons. The lowest BCUT2D eigenvalue weighted by Gasteiger charge is -2.18. The van der Waals surface area contributed by atoms with Crippen LogP contribution in [0.25, 0.3) is 0 Å². The third-order valence-electron chi connectivity index (χ3n) is 2.83. The van der Waals surface area contributed by atoms with Crippen LogP contribution in [0.3, 0.4) is 0 Å². The van der Waals surface area contributed by atoms with Crippen molar-refractivity contribution in [3.8, 4) is 0 Å². The Hall–Kier alpha value is -0.0600. The summed E-state index contributed by atoms with van der Waals surface area (Å²) in [5.74, 6) is 0. The first-order valence-corrected chi connectivity index (χ1v) is 8.39. The summed E-state index contributed by atoms with van der Waals surface area (Å²) in [5, 5.41) is 4.23. The highest BCUT2D eigenvalue weighted by Crippen LogP contribution is 2.30. The molecule has 0 aliphatic heterocycles. The van der Waals surface area contributed by atoms with E-state index >= 15 is 0 Å². The minimum Gasteiger partial charge on any atom is -0.310 e. The normalized spacial score (nSPS) is 12.6. The Balaban J connectivity index is 2.21. The number of benzene rings is 1. The molecule has 1 atom stereocenters. The van der Waals surface area contributed by atoms with Crippen molar-refractivity contribution in [2.24, 2.45) is 0 Å². The molecule has 0 saturated carbocycles. The summed E-state index contributed by atoms with van der Waals surface area (Å²) in [6, 6.07) is 10.4. The number of nitrogens with one attached hydrogen (secondary N) is 1. The fraction of sp³-hybridized carbons (Fsp3) is 0.286. The van der Waals surface area contributed by atoms with Crippen molar-refractivity contribution in [1.29, 1.82) is 0 Å². The quantitative estimate of drug-likeness (QED) is 0.702. The fourth-order valence-electron chi connectivity index (χ4n) is 1.95. The number of halogens is 3. The molecule has 1 aromatic heterocycles. The molecule has 2 rings (SSSR count). The van der Waals surface area contributed by atoms with E-state index in [0.717, 1.165) is 26.8 Å². The minimum atomic E-state index is 0.255. The molecule has 102 valence electrons. The zero-order chi connectivity index (χ0) is 13.8. The summed E-state index contributed by atoms with van der Waals surface area (Å²) in [7, 11) is 0. The first kappa shape index (κ1) is 15.3. The van der Waals surface area contributed by atoms with E-state index in [1.807, 2.05) is 18.2 Å². The van der Waals surface area contributed by atoms with Gasteiger partial charge in [0.15, 0.2) is 0 Å². The summed E-state index contributed by atoms with van der Waals surface area (Å²) in [6.07, 6.45) is 0.920. The average molecular weight is 379 g/mol. The summed E-state index contributed by atoms with van der Waals surface area (Å²) in [4.78, 5) is 1.27. The van der Waals surface area contributed by atoms with Crippen LogP contribution in [0.4, 0.5) is 0 Å². The maximum Gasteiger partial charge on any atom is 0.0931 e. The van der Waals surface area contributed by atoms with Gasteiger partial charge in [-0.15, -0.1) is 11.3 Å². The smallest absolute Gasteiger partial charge is 0.0931 e. The molecule has 0 amide bonds. The van der Waals surface area contributed by atoms with Crippen molar-refractivity contribution in [2.75, 3.05) is 6.54 Å². The van der Waals surface area contributed by atoms with Crippen LogP contribution in [-0.2, 0) is 6.42 Å². The molecular formula is C14H14BrCl2NS. The summed E-state index contributed by atoms with van der Waals surface area (Å²) < 4.78 is 1.76. The second kappa shape index (κ2) is 7.09. The molecule has 1 heterocycles. The van der Waals surface area contributed by atoms with Crippen LogP contribution in [0, 0.1) is 0 Å². The Bertz CT molecular complexity index is 556. The number of likely N-dealkylation sites (N-methyl/N-ethyl adjacent to an activating group) is 1. The molecule has 1 aromatic carbocycles. The third kappa shape index (κ3) is 4.20. The van der Waals surface area contributed by atoms with Gasteiger partial charge < -0.3 is 5.32 Å². The standard InChI is InChI=1S/C14H14BrCl2NS/c1-2-18-13(8-10-4-6-14(17)19-10)9-3-5-11(15)12(16)7-9/h3-7,13,18H,2,8H2,1H3. The van der Waals surface area contributed by atoms with Crippen molar-refractivity contribution >= 4 is 50.5 Å². The van der Waals surface area contributed by atoms with Gasteiger partial charge in [0, 0.05) is 21.8 Å². The van der Waals surface area contributed by atoms with Gasteiger partial charge in [-0.3, -0.25) is 0 Å². The van der Waals surface area contributed by atoms with Crippen molar-refractivity contribution in [3.63, 3.8) is 0 Å². The summed E-state index contributed by atoms with van der Waals surface area (Å²) in [5.41, 5.74) is 1.19. The highest BCUT2D eigenvalue weighted by Gasteiger charge is 2.13. The Labute approximate surface area is 136 Å². The zero-order valence-corrected chi connectivity index (χ0v) is 14.3. The molecule has 1 N–H and O–H groups in total. The summed E-state index contributed by atoms with van der Waals surface area (Å²) >= 11 is 17.2. The highest BCUT2D eigenvalue weighted by atomic mass is 79.9. The van der Waals surface area contributed by atoms with E-state index in [1.54, 1.807) is 11.3 Å². The lowest BCUT2D eigenvalue weighted by molar-refractivity contribution is 0.553. The van der Waals surface area contributed by atoms with Crippen LogP contribution < -0.4 is 5.32 Å². The van der Waals surface area contributed by atoms with Crippen LogP contribution in [-0.4, -0.2) is 6.54 Å². The van der Waals surface area contributed by atoms with Crippen LogP contribution in [0.5, 0.6) is 0 Å². The van der Waals surface area contributed by atoms with E-state index in [0.29, 0.717) is 0 Å². The molecule has 19 heavy (non-hydrogen) atoms. The van der Waals surface area contributed by atoms with Crippen LogP contribution >= 0.6 is 50.5 Å². The molecule has 1 nitrogen and oxygen atoms in total. The van der Waals surface area contributed by atoms with Gasteiger partial charge >= 0.3 is 0 Å². The van der Waals surface area contributed by atoms with E-state index in [4.69, 9.17) is 23.2 Å². The number of thiophene rings is 1. The molecular weight excluding hydrogens is 365 g/mol. The predicted molar refractivity (Wildman–Crippen MR) is 88.6 cm³/mol. The van der Waals surface area contributed by atoms with Gasteiger partial charge in [-0.25, -0.2) is 0 Å². The topological polar surface area (TPSA) is 12.0 Å². The van der Waals surface area contributed by atoms with Gasteiger partial charge in [0.2, 0.25) is 0 Å². The van der Waals surface area contributed by atoms with E-state index in [1.165, 1.54) is 10.4 Å². The monoisotopic (exact) mass is 377 g/mol. The van der Waals surface area contributed by atoms with E-state index in [2.05, 4.69) is 40.3 Å². The zero-order valence-electron chi connectivity index (χ0n) is 10.4. The molecule has 1 unspecified atom stereocenters. The molecule has 0 bridgehead atoms. The Morgan fingerprint density at radius 1 is 1.26 bits per heavy atom. The van der Waals surface area contributed by atoms with Crippen LogP contribution in [0.1, 0.15) is 23.4 Å². The van der Waals surface area contributed by atoms with Crippen LogP contribution in [0.15, 0.2) is 34.8 Å². The van der Waals surface area contributed by atoms with Crippen molar-refractivity contribution < 1.29 is 0 Å². The molecule has 0 saturated heterocycles. The first-order chi connectivity index (χ1) is 9.10. The van der Waals surface area contributed by atoms with Crippen LogP contribution in [0.2, 0.25) is 9.36 Å². The average Bonchev–Trinajstić information content (AvgIpc) is 2.78. The lowest BCUT2D eigenvalue weighted by Crippen LogP contribution is -2.22. The SMILES string of the molecule is CCNC(Cc1ccc(Cl)s1)c1ccc(Br)c(Cl)c1. The number of rotatable bonds is 5. The first-order valence-electron chi connectivity index (χ1n) is 6.02. The Morgan fingerprint density at radius 3 is 2.63 bits per heavy atom.